The molecule has 0 amide bonds. The second-order valence-corrected chi connectivity index (χ2v) is 7.69. The van der Waals surface area contributed by atoms with Gasteiger partial charge in [-0.25, -0.2) is 0 Å². The molecule has 0 saturated heterocycles. The second kappa shape index (κ2) is 1.26. The maximum atomic E-state index is 6.30. The monoisotopic (exact) mass is 214 g/mol. The summed E-state index contributed by atoms with van der Waals surface area (Å²) in [5, 5.41) is 0. The predicted molar refractivity (Wildman–Crippen MR) is 51.9 cm³/mol. The maximum absolute atomic E-state index is 6.30. The van der Waals surface area contributed by atoms with Gasteiger partial charge in [-0.3, -0.25) is 0 Å². The molecule has 0 bridgehead atoms. The van der Waals surface area contributed by atoms with E-state index in [0.717, 1.165) is 17.3 Å². The van der Waals surface area contributed by atoms with Crippen LogP contribution in [-0.2, 0) is 0 Å². The summed E-state index contributed by atoms with van der Waals surface area (Å²) in [6, 6.07) is 0. The highest BCUT2D eigenvalue weighted by atomic mass is 35.5. The van der Waals surface area contributed by atoms with Crippen LogP contribution in [0.25, 0.3) is 0 Å². The van der Waals surface area contributed by atoms with Crippen LogP contribution in [-0.4, -0.2) is 4.33 Å². The Balaban J connectivity index is 1.68. The minimum Gasteiger partial charge on any atom is -0.101 e. The Morgan fingerprint density at radius 1 is 0.692 bits per heavy atom. The zero-order valence-electron chi connectivity index (χ0n) is 7.50. The van der Waals surface area contributed by atoms with E-state index >= 15 is 0 Å². The van der Waals surface area contributed by atoms with Crippen molar-refractivity contribution in [3.8, 4) is 0 Å². The summed E-state index contributed by atoms with van der Waals surface area (Å²) in [4.78, 5) is 0. The zero-order valence-corrected chi connectivity index (χ0v) is 9.01. The summed E-state index contributed by atoms with van der Waals surface area (Å²) in [5.41, 5.74) is 2.71. The van der Waals surface area contributed by atoms with Crippen LogP contribution in [0.15, 0.2) is 0 Å². The van der Waals surface area contributed by atoms with Gasteiger partial charge in [-0.2, -0.15) is 0 Å². The molecule has 0 heterocycles. The lowest BCUT2D eigenvalue weighted by Gasteiger charge is -1.95. The van der Waals surface area contributed by atoms with E-state index in [2.05, 4.69) is 0 Å². The van der Waals surface area contributed by atoms with E-state index in [9.17, 15) is 0 Å². The van der Waals surface area contributed by atoms with Crippen LogP contribution in [0.5, 0.6) is 0 Å². The van der Waals surface area contributed by atoms with Crippen LogP contribution >= 0.6 is 23.2 Å². The van der Waals surface area contributed by atoms with Gasteiger partial charge in [0.05, 0.1) is 0 Å². The maximum Gasteiger partial charge on any atom is 0.125 e. The molecule has 1 atom stereocenters. The Bertz CT molecular complexity index is 344. The molecule has 0 aromatic heterocycles. The number of fused-ring (bicyclic) bond motifs is 4. The van der Waals surface area contributed by atoms with E-state index in [1.807, 2.05) is 0 Å². The standard InChI is InChI=1S/C11H12Cl2/c12-11(13)6-9(11)5-10(9)7(1-2-7)8(10)3-4-8/h1-6H2/t9-/m1/s1. The van der Waals surface area contributed by atoms with Gasteiger partial charge in [-0.05, 0) is 54.8 Å². The van der Waals surface area contributed by atoms with Gasteiger partial charge in [0.25, 0.3) is 0 Å². The summed E-state index contributed by atoms with van der Waals surface area (Å²) >= 11 is 12.6. The van der Waals surface area contributed by atoms with E-state index in [0.29, 0.717) is 10.8 Å². The van der Waals surface area contributed by atoms with E-state index in [4.69, 9.17) is 23.2 Å². The lowest BCUT2D eigenvalue weighted by molar-refractivity contribution is 0.600. The fourth-order valence-electron chi connectivity index (χ4n) is 5.64. The average Bonchev–Trinajstić information content (AvgIpc) is 2.84. The zero-order chi connectivity index (χ0) is 8.74. The van der Waals surface area contributed by atoms with Gasteiger partial charge >= 0.3 is 0 Å². The molecule has 0 aliphatic heterocycles. The van der Waals surface area contributed by atoms with Crippen LogP contribution in [0.4, 0.5) is 0 Å². The van der Waals surface area contributed by atoms with Crippen molar-refractivity contribution in [1.29, 1.82) is 0 Å². The molecule has 0 aromatic rings. The molecule has 5 rings (SSSR count). The van der Waals surface area contributed by atoms with Crippen molar-refractivity contribution in [3.63, 3.8) is 0 Å². The highest BCUT2D eigenvalue weighted by molar-refractivity contribution is 6.52. The number of alkyl halides is 2. The molecule has 13 heavy (non-hydrogen) atoms. The number of hydrogen-bond acceptors (Lipinski definition) is 0. The third-order valence-electron chi connectivity index (χ3n) is 6.35. The molecule has 2 heteroatoms. The number of rotatable bonds is 0. The molecule has 5 fully saturated rings. The minimum atomic E-state index is -0.311. The normalized spacial score (nSPS) is 55.8. The molecular weight excluding hydrogens is 203 g/mol. The first kappa shape index (κ1) is 6.95. The molecule has 4 spiro atoms. The summed E-state index contributed by atoms with van der Waals surface area (Å²) in [6.45, 7) is 0. The SMILES string of the molecule is ClC1(Cl)C[C@@]12CC21C2(CC2)C12CC2. The summed E-state index contributed by atoms with van der Waals surface area (Å²) in [7, 11) is 0. The highest BCUT2D eigenvalue weighted by Gasteiger charge is 3.11. The molecule has 0 aromatic carbocycles. The molecule has 5 aliphatic rings. The Morgan fingerprint density at radius 3 is 1.38 bits per heavy atom. The quantitative estimate of drug-likeness (QED) is 0.542. The van der Waals surface area contributed by atoms with Crippen molar-refractivity contribution in [1.82, 2.24) is 0 Å². The molecule has 0 nitrogen and oxygen atoms in total. The molecule has 0 radical (unpaired) electrons. The smallest absolute Gasteiger partial charge is 0.101 e. The van der Waals surface area contributed by atoms with Gasteiger partial charge < -0.3 is 0 Å². The van der Waals surface area contributed by atoms with E-state index in [1.54, 1.807) is 0 Å². The topological polar surface area (TPSA) is 0 Å². The Kier molecular flexibility index (Phi) is 0.674. The summed E-state index contributed by atoms with van der Waals surface area (Å²) in [5.74, 6) is 0. The van der Waals surface area contributed by atoms with Crippen LogP contribution in [0.3, 0.4) is 0 Å². The van der Waals surface area contributed by atoms with Gasteiger partial charge in [0.15, 0.2) is 0 Å². The van der Waals surface area contributed by atoms with Gasteiger partial charge in [0.2, 0.25) is 0 Å². The van der Waals surface area contributed by atoms with Gasteiger partial charge in [-0.1, -0.05) is 0 Å². The fraction of sp³-hybridized carbons (Fsp3) is 1.00. The van der Waals surface area contributed by atoms with Crippen molar-refractivity contribution >= 4 is 23.2 Å². The molecule has 5 saturated carbocycles. The van der Waals surface area contributed by atoms with Crippen LogP contribution in [0, 0.1) is 21.7 Å². The Labute approximate surface area is 88.0 Å². The fourth-order valence-corrected chi connectivity index (χ4v) is 6.55. The summed E-state index contributed by atoms with van der Waals surface area (Å²) in [6.07, 6.45) is 8.48. The lowest BCUT2D eigenvalue weighted by atomic mass is 10.2. The summed E-state index contributed by atoms with van der Waals surface area (Å²) < 4.78 is -0.311. The minimum absolute atomic E-state index is 0.311. The molecule has 0 N–H and O–H groups in total. The molecule has 5 aliphatic carbocycles. The largest absolute Gasteiger partial charge is 0.125 e. The number of hydrogen-bond donors (Lipinski definition) is 0. The first-order valence-corrected chi connectivity index (χ1v) is 6.21. The lowest BCUT2D eigenvalue weighted by Crippen LogP contribution is -1.95. The molecular formula is C11H12Cl2. The van der Waals surface area contributed by atoms with Crippen LogP contribution < -0.4 is 0 Å². The third kappa shape index (κ3) is 0.371. The van der Waals surface area contributed by atoms with Gasteiger partial charge in [0, 0.05) is 5.41 Å². The predicted octanol–water partition coefficient (Wildman–Crippen LogP) is 3.51. The Hall–Kier alpha value is 0.580. The van der Waals surface area contributed by atoms with Gasteiger partial charge in [0.1, 0.15) is 4.33 Å². The van der Waals surface area contributed by atoms with Crippen molar-refractivity contribution in [3.05, 3.63) is 0 Å². The van der Waals surface area contributed by atoms with E-state index < -0.39 is 0 Å². The number of halogens is 2. The second-order valence-electron chi connectivity index (χ2n) is 6.21. The first-order chi connectivity index (χ1) is 6.08. The van der Waals surface area contributed by atoms with Crippen molar-refractivity contribution in [2.24, 2.45) is 21.7 Å². The van der Waals surface area contributed by atoms with Crippen molar-refractivity contribution in [2.45, 2.75) is 42.9 Å². The van der Waals surface area contributed by atoms with Crippen molar-refractivity contribution < 1.29 is 0 Å². The van der Waals surface area contributed by atoms with E-state index in [-0.39, 0.29) is 4.33 Å². The highest BCUT2D eigenvalue weighted by Crippen LogP contribution is 3.15. The average molecular weight is 215 g/mol. The third-order valence-corrected chi connectivity index (χ3v) is 7.34. The van der Waals surface area contributed by atoms with Crippen molar-refractivity contribution in [2.75, 3.05) is 0 Å². The van der Waals surface area contributed by atoms with Gasteiger partial charge in [-0.15, -0.1) is 23.2 Å². The molecule has 0 unspecified atom stereocenters. The van der Waals surface area contributed by atoms with Crippen LogP contribution in [0.1, 0.15) is 38.5 Å². The Morgan fingerprint density at radius 2 is 1.15 bits per heavy atom. The first-order valence-electron chi connectivity index (χ1n) is 5.46. The molecule has 70 valence electrons. The van der Waals surface area contributed by atoms with Crippen LogP contribution in [0.2, 0.25) is 0 Å². The van der Waals surface area contributed by atoms with E-state index in [1.165, 1.54) is 32.1 Å².